The lowest BCUT2D eigenvalue weighted by Gasteiger charge is -2.11. The summed E-state index contributed by atoms with van der Waals surface area (Å²) in [5.74, 6) is 0.875. The molecule has 14 heavy (non-hydrogen) atoms. The average molecular weight is 216 g/mol. The number of halogens is 1. The zero-order chi connectivity index (χ0) is 10.3. The normalized spacial score (nSPS) is 15.6. The van der Waals surface area contributed by atoms with Crippen LogP contribution in [0.5, 0.6) is 17.2 Å². The molecule has 0 spiro atoms. The van der Waals surface area contributed by atoms with Gasteiger partial charge in [-0.1, -0.05) is 11.6 Å². The molecule has 1 aliphatic heterocycles. The Balaban J connectivity index is 2.61. The van der Waals surface area contributed by atoms with Crippen molar-refractivity contribution in [1.82, 2.24) is 0 Å². The Morgan fingerprint density at radius 3 is 2.93 bits per heavy atom. The molecule has 3 N–H and O–H groups in total. The van der Waals surface area contributed by atoms with E-state index in [0.717, 1.165) is 0 Å². The van der Waals surface area contributed by atoms with Gasteiger partial charge in [0.1, 0.15) is 10.8 Å². The van der Waals surface area contributed by atoms with Crippen LogP contribution in [0.4, 0.5) is 0 Å². The summed E-state index contributed by atoms with van der Waals surface area (Å²) in [5, 5.41) is 9.84. The average Bonchev–Trinajstić information content (AvgIpc) is 2.58. The van der Waals surface area contributed by atoms with E-state index in [-0.39, 0.29) is 23.6 Å². The molecule has 0 saturated carbocycles. The number of aromatic hydroxyl groups is 1. The quantitative estimate of drug-likeness (QED) is 0.750. The van der Waals surface area contributed by atoms with E-state index in [4.69, 9.17) is 26.8 Å². The molecule has 4 nitrogen and oxygen atoms in total. The summed E-state index contributed by atoms with van der Waals surface area (Å²) in [6, 6.07) is 1.34. The van der Waals surface area contributed by atoms with Crippen molar-refractivity contribution < 1.29 is 14.6 Å². The number of phenolic OH excluding ortho intramolecular Hbond substituents is 1. The number of ether oxygens (including phenoxy) is 2. The molecular weight excluding hydrogens is 206 g/mol. The van der Waals surface area contributed by atoms with Crippen LogP contribution in [-0.2, 0) is 0 Å². The van der Waals surface area contributed by atoms with Gasteiger partial charge in [0.25, 0.3) is 0 Å². The molecule has 0 saturated heterocycles. The second kappa shape index (κ2) is 3.22. The van der Waals surface area contributed by atoms with E-state index < -0.39 is 0 Å². The van der Waals surface area contributed by atoms with Crippen molar-refractivity contribution in [3.8, 4) is 17.2 Å². The number of fused-ring (bicyclic) bond motifs is 1. The molecule has 1 atom stereocenters. The summed E-state index contributed by atoms with van der Waals surface area (Å²) in [6.45, 7) is 1.88. The number of phenols is 1. The van der Waals surface area contributed by atoms with Gasteiger partial charge in [0, 0.05) is 11.6 Å². The molecule has 0 radical (unpaired) electrons. The summed E-state index contributed by atoms with van der Waals surface area (Å²) in [6.07, 6.45) is 0. The van der Waals surface area contributed by atoms with Crippen LogP contribution in [0.3, 0.4) is 0 Å². The van der Waals surface area contributed by atoms with Crippen LogP contribution >= 0.6 is 11.6 Å². The molecule has 1 aliphatic rings. The maximum absolute atomic E-state index is 9.68. The molecule has 1 heterocycles. The van der Waals surface area contributed by atoms with Crippen LogP contribution in [0.1, 0.15) is 18.5 Å². The summed E-state index contributed by atoms with van der Waals surface area (Å²) in [5.41, 5.74) is 6.22. The van der Waals surface area contributed by atoms with Gasteiger partial charge < -0.3 is 20.3 Å². The zero-order valence-corrected chi connectivity index (χ0v) is 8.34. The van der Waals surface area contributed by atoms with Crippen molar-refractivity contribution in [2.75, 3.05) is 6.79 Å². The molecule has 0 amide bonds. The largest absolute Gasteiger partial charge is 0.506 e. The van der Waals surface area contributed by atoms with Gasteiger partial charge in [0.05, 0.1) is 0 Å². The molecule has 0 aromatic heterocycles. The van der Waals surface area contributed by atoms with Crippen molar-refractivity contribution in [2.45, 2.75) is 13.0 Å². The lowest BCUT2D eigenvalue weighted by Crippen LogP contribution is -2.05. The first-order valence-corrected chi connectivity index (χ1v) is 4.55. The molecule has 76 valence electrons. The molecule has 5 heteroatoms. The fourth-order valence-electron chi connectivity index (χ4n) is 1.36. The summed E-state index contributed by atoms with van der Waals surface area (Å²) in [4.78, 5) is 0. The van der Waals surface area contributed by atoms with Crippen LogP contribution < -0.4 is 15.2 Å². The summed E-state index contributed by atoms with van der Waals surface area (Å²) >= 11 is 5.88. The molecule has 1 aromatic carbocycles. The molecular formula is C9H10ClNO3. The fraction of sp³-hybridized carbons (Fsp3) is 0.333. The predicted octanol–water partition coefficient (Wildman–Crippen LogP) is 1.79. The number of hydrogen-bond acceptors (Lipinski definition) is 4. The smallest absolute Gasteiger partial charge is 0.231 e. The minimum atomic E-state index is -0.304. The third-order valence-corrected chi connectivity index (χ3v) is 2.45. The van der Waals surface area contributed by atoms with Gasteiger partial charge in [-0.3, -0.25) is 0 Å². The molecule has 0 fully saturated rings. The van der Waals surface area contributed by atoms with E-state index in [1.165, 1.54) is 0 Å². The number of benzene rings is 1. The van der Waals surface area contributed by atoms with Crippen LogP contribution in [0.2, 0.25) is 5.02 Å². The summed E-state index contributed by atoms with van der Waals surface area (Å²) in [7, 11) is 0. The van der Waals surface area contributed by atoms with Crippen LogP contribution in [0.25, 0.3) is 0 Å². The maximum atomic E-state index is 9.68. The molecule has 0 aliphatic carbocycles. The van der Waals surface area contributed by atoms with Gasteiger partial charge in [-0.2, -0.15) is 0 Å². The topological polar surface area (TPSA) is 64.7 Å². The Morgan fingerprint density at radius 2 is 2.29 bits per heavy atom. The predicted molar refractivity (Wildman–Crippen MR) is 51.8 cm³/mol. The highest BCUT2D eigenvalue weighted by Gasteiger charge is 2.24. The first kappa shape index (κ1) is 9.43. The van der Waals surface area contributed by atoms with Crippen LogP contribution in [0, 0.1) is 0 Å². The van der Waals surface area contributed by atoms with Crippen molar-refractivity contribution in [3.05, 3.63) is 16.7 Å². The first-order chi connectivity index (χ1) is 6.61. The summed E-state index contributed by atoms with van der Waals surface area (Å²) < 4.78 is 10.2. The fourth-order valence-corrected chi connectivity index (χ4v) is 1.62. The lowest BCUT2D eigenvalue weighted by molar-refractivity contribution is 0.174. The maximum Gasteiger partial charge on any atom is 0.231 e. The van der Waals surface area contributed by atoms with Gasteiger partial charge in [-0.15, -0.1) is 0 Å². The van der Waals surface area contributed by atoms with E-state index in [2.05, 4.69) is 0 Å². The number of hydrogen-bond donors (Lipinski definition) is 2. The van der Waals surface area contributed by atoms with E-state index in [1.807, 2.05) is 0 Å². The van der Waals surface area contributed by atoms with Crippen molar-refractivity contribution in [2.24, 2.45) is 5.73 Å². The van der Waals surface area contributed by atoms with E-state index in [9.17, 15) is 5.11 Å². The number of nitrogens with two attached hydrogens (primary N) is 1. The SMILES string of the molecule is CC(N)c1cc2c(c(Cl)c1O)OCO2. The van der Waals surface area contributed by atoms with Gasteiger partial charge in [-0.05, 0) is 13.0 Å². The zero-order valence-electron chi connectivity index (χ0n) is 7.58. The molecule has 1 aromatic rings. The molecule has 2 rings (SSSR count). The Hall–Kier alpha value is -1.13. The second-order valence-electron chi connectivity index (χ2n) is 3.15. The molecule has 0 bridgehead atoms. The Labute approximate surface area is 86.2 Å². The van der Waals surface area contributed by atoms with E-state index in [0.29, 0.717) is 17.1 Å². The Bertz CT molecular complexity index is 379. The lowest BCUT2D eigenvalue weighted by atomic mass is 10.1. The van der Waals surface area contributed by atoms with E-state index in [1.54, 1.807) is 13.0 Å². The first-order valence-electron chi connectivity index (χ1n) is 4.17. The van der Waals surface area contributed by atoms with Crippen LogP contribution in [-0.4, -0.2) is 11.9 Å². The van der Waals surface area contributed by atoms with Gasteiger partial charge in [-0.25, -0.2) is 0 Å². The third kappa shape index (κ3) is 1.27. The van der Waals surface area contributed by atoms with Gasteiger partial charge in [0.2, 0.25) is 6.79 Å². The minimum Gasteiger partial charge on any atom is -0.506 e. The Morgan fingerprint density at radius 1 is 1.57 bits per heavy atom. The highest BCUT2D eigenvalue weighted by Crippen LogP contribution is 2.47. The number of rotatable bonds is 1. The highest BCUT2D eigenvalue weighted by atomic mass is 35.5. The van der Waals surface area contributed by atoms with Crippen molar-refractivity contribution >= 4 is 11.6 Å². The highest BCUT2D eigenvalue weighted by molar-refractivity contribution is 6.34. The van der Waals surface area contributed by atoms with Crippen LogP contribution in [0.15, 0.2) is 6.07 Å². The van der Waals surface area contributed by atoms with Gasteiger partial charge in [0.15, 0.2) is 11.5 Å². The van der Waals surface area contributed by atoms with Crippen molar-refractivity contribution in [3.63, 3.8) is 0 Å². The van der Waals surface area contributed by atoms with Crippen molar-refractivity contribution in [1.29, 1.82) is 0 Å². The Kier molecular flexibility index (Phi) is 2.17. The standard InChI is InChI=1S/C9H10ClNO3/c1-4(11)5-2-6-9(14-3-13-6)7(10)8(5)12/h2,4,12H,3,11H2,1H3. The van der Waals surface area contributed by atoms with Gasteiger partial charge >= 0.3 is 0 Å². The third-order valence-electron chi connectivity index (χ3n) is 2.10. The second-order valence-corrected chi connectivity index (χ2v) is 3.53. The monoisotopic (exact) mass is 215 g/mol. The molecule has 1 unspecified atom stereocenters. The van der Waals surface area contributed by atoms with E-state index >= 15 is 0 Å². The minimum absolute atomic E-state index is 0.0362.